The van der Waals surface area contributed by atoms with Crippen LogP contribution >= 0.6 is 0 Å². The fourth-order valence-corrected chi connectivity index (χ4v) is 4.25. The van der Waals surface area contributed by atoms with Gasteiger partial charge >= 0.3 is 0 Å². The molecule has 0 fully saturated rings. The molecule has 0 saturated carbocycles. The molecule has 0 bridgehead atoms. The third kappa shape index (κ3) is 4.24. The quantitative estimate of drug-likeness (QED) is 0.637. The molecule has 30 heavy (non-hydrogen) atoms. The van der Waals surface area contributed by atoms with Crippen molar-refractivity contribution in [3.8, 4) is 11.5 Å². The molecule has 158 valence electrons. The van der Waals surface area contributed by atoms with Gasteiger partial charge < -0.3 is 19.2 Å². The molecule has 1 aromatic heterocycles. The zero-order chi connectivity index (χ0) is 21.3. The summed E-state index contributed by atoms with van der Waals surface area (Å²) < 4.78 is 44.3. The van der Waals surface area contributed by atoms with E-state index in [1.165, 1.54) is 19.1 Å². The summed E-state index contributed by atoms with van der Waals surface area (Å²) in [5, 5.41) is 2.68. The summed E-state index contributed by atoms with van der Waals surface area (Å²) in [5.74, 6) is 0.872. The summed E-state index contributed by atoms with van der Waals surface area (Å²) in [7, 11) is -3.95. The van der Waals surface area contributed by atoms with Crippen LogP contribution in [0.5, 0.6) is 11.5 Å². The predicted molar refractivity (Wildman–Crippen MR) is 109 cm³/mol. The van der Waals surface area contributed by atoms with Crippen LogP contribution in [0.1, 0.15) is 19.2 Å². The summed E-state index contributed by atoms with van der Waals surface area (Å²) in [6, 6.07) is 8.37. The van der Waals surface area contributed by atoms with Crippen molar-refractivity contribution < 1.29 is 27.1 Å². The molecule has 3 aromatic rings. The Morgan fingerprint density at radius 2 is 1.87 bits per heavy atom. The Morgan fingerprint density at radius 3 is 2.67 bits per heavy atom. The van der Waals surface area contributed by atoms with Gasteiger partial charge in [-0.1, -0.05) is 0 Å². The van der Waals surface area contributed by atoms with Crippen molar-refractivity contribution in [2.45, 2.75) is 31.2 Å². The standard InChI is InChI=1S/C20H21N3O6S/c1-12(20(24)22-14-4-6-17-16(10-14)21-13(2)29-17)23-30(25,26)15-5-7-18-19(11-15)28-9-3-8-27-18/h4-7,10-12,23H,3,8-9H2,1-2H3,(H,22,24). The number of aromatic nitrogens is 1. The van der Waals surface area contributed by atoms with E-state index in [0.29, 0.717) is 53.8 Å². The monoisotopic (exact) mass is 431 g/mol. The number of hydrogen-bond donors (Lipinski definition) is 2. The van der Waals surface area contributed by atoms with Crippen LogP contribution in [0.3, 0.4) is 0 Å². The van der Waals surface area contributed by atoms with Crippen molar-refractivity contribution in [3.05, 3.63) is 42.3 Å². The predicted octanol–water partition coefficient (Wildman–Crippen LogP) is 2.60. The second-order valence-electron chi connectivity index (χ2n) is 6.91. The van der Waals surface area contributed by atoms with Crippen molar-refractivity contribution in [3.63, 3.8) is 0 Å². The number of anilines is 1. The number of fused-ring (bicyclic) bond motifs is 2. The van der Waals surface area contributed by atoms with Crippen LogP contribution < -0.4 is 19.5 Å². The summed E-state index contributed by atoms with van der Waals surface area (Å²) in [6.07, 6.45) is 0.714. The van der Waals surface area contributed by atoms with Crippen LogP contribution in [-0.2, 0) is 14.8 Å². The number of nitrogens with zero attached hydrogens (tertiary/aromatic N) is 1. The molecule has 1 unspecified atom stereocenters. The molecule has 1 amide bonds. The summed E-state index contributed by atoms with van der Waals surface area (Å²) >= 11 is 0. The second-order valence-corrected chi connectivity index (χ2v) is 8.62. The van der Waals surface area contributed by atoms with Gasteiger partial charge in [0, 0.05) is 25.1 Å². The zero-order valence-corrected chi connectivity index (χ0v) is 17.3. The minimum absolute atomic E-state index is 0.00843. The number of nitrogens with one attached hydrogen (secondary N) is 2. The molecule has 4 rings (SSSR count). The molecule has 0 radical (unpaired) electrons. The second kappa shape index (κ2) is 7.96. The van der Waals surface area contributed by atoms with Crippen molar-refractivity contribution in [1.29, 1.82) is 0 Å². The average molecular weight is 431 g/mol. The largest absolute Gasteiger partial charge is 0.490 e. The van der Waals surface area contributed by atoms with Gasteiger partial charge in [0.1, 0.15) is 5.52 Å². The highest BCUT2D eigenvalue weighted by molar-refractivity contribution is 7.89. The fourth-order valence-electron chi connectivity index (χ4n) is 3.04. The maximum absolute atomic E-state index is 12.7. The van der Waals surface area contributed by atoms with E-state index >= 15 is 0 Å². The van der Waals surface area contributed by atoms with Crippen LogP contribution in [-0.4, -0.2) is 38.6 Å². The number of amides is 1. The Hall–Kier alpha value is -3.11. The van der Waals surface area contributed by atoms with Gasteiger partial charge in [-0.05, 0) is 37.3 Å². The number of hydrogen-bond acceptors (Lipinski definition) is 7. The van der Waals surface area contributed by atoms with E-state index in [9.17, 15) is 13.2 Å². The van der Waals surface area contributed by atoms with E-state index in [1.807, 2.05) is 0 Å². The molecule has 9 nitrogen and oxygen atoms in total. The topological polar surface area (TPSA) is 120 Å². The van der Waals surface area contributed by atoms with Gasteiger partial charge in [-0.15, -0.1) is 0 Å². The number of aryl methyl sites for hydroxylation is 1. The van der Waals surface area contributed by atoms with Gasteiger partial charge in [-0.25, -0.2) is 13.4 Å². The fraction of sp³-hybridized carbons (Fsp3) is 0.300. The number of oxazole rings is 1. The third-order valence-electron chi connectivity index (χ3n) is 4.52. The molecule has 2 N–H and O–H groups in total. The lowest BCUT2D eigenvalue weighted by Crippen LogP contribution is -2.41. The minimum atomic E-state index is -3.95. The van der Waals surface area contributed by atoms with Crippen LogP contribution in [0.25, 0.3) is 11.1 Å². The Morgan fingerprint density at radius 1 is 1.10 bits per heavy atom. The van der Waals surface area contributed by atoms with Gasteiger partial charge in [0.15, 0.2) is 23.0 Å². The van der Waals surface area contributed by atoms with E-state index in [0.717, 1.165) is 0 Å². The lowest BCUT2D eigenvalue weighted by molar-refractivity contribution is -0.117. The van der Waals surface area contributed by atoms with Crippen molar-refractivity contribution in [2.75, 3.05) is 18.5 Å². The highest BCUT2D eigenvalue weighted by atomic mass is 32.2. The number of benzene rings is 2. The molecule has 1 aliphatic heterocycles. The third-order valence-corrected chi connectivity index (χ3v) is 6.05. The normalized spacial score (nSPS) is 14.9. The smallest absolute Gasteiger partial charge is 0.242 e. The van der Waals surface area contributed by atoms with Gasteiger partial charge in [0.25, 0.3) is 0 Å². The number of ether oxygens (including phenoxy) is 2. The molecular weight excluding hydrogens is 410 g/mol. The summed E-state index contributed by atoms with van der Waals surface area (Å²) in [4.78, 5) is 16.7. The van der Waals surface area contributed by atoms with E-state index < -0.39 is 22.0 Å². The van der Waals surface area contributed by atoms with Crippen molar-refractivity contribution >= 4 is 32.7 Å². The van der Waals surface area contributed by atoms with E-state index in [2.05, 4.69) is 15.0 Å². The molecule has 1 aliphatic rings. The van der Waals surface area contributed by atoms with Gasteiger partial charge in [0.2, 0.25) is 15.9 Å². The highest BCUT2D eigenvalue weighted by Crippen LogP contribution is 2.32. The maximum atomic E-state index is 12.7. The first kappa shape index (κ1) is 20.2. The highest BCUT2D eigenvalue weighted by Gasteiger charge is 2.24. The zero-order valence-electron chi connectivity index (χ0n) is 16.5. The van der Waals surface area contributed by atoms with Gasteiger partial charge in [-0.3, -0.25) is 4.79 Å². The molecule has 0 aliphatic carbocycles. The molecule has 2 aromatic carbocycles. The first-order valence-corrected chi connectivity index (χ1v) is 10.9. The molecular formula is C20H21N3O6S. The lowest BCUT2D eigenvalue weighted by atomic mass is 10.2. The van der Waals surface area contributed by atoms with Crippen molar-refractivity contribution in [1.82, 2.24) is 9.71 Å². The summed E-state index contributed by atoms with van der Waals surface area (Å²) in [6.45, 7) is 4.15. The van der Waals surface area contributed by atoms with E-state index in [-0.39, 0.29) is 4.90 Å². The Balaban J connectivity index is 1.46. The molecule has 0 spiro atoms. The van der Waals surface area contributed by atoms with Crippen LogP contribution in [0.15, 0.2) is 45.7 Å². The Kier molecular flexibility index (Phi) is 5.35. The summed E-state index contributed by atoms with van der Waals surface area (Å²) in [5.41, 5.74) is 1.70. The Labute approximate surface area is 173 Å². The van der Waals surface area contributed by atoms with Gasteiger partial charge in [-0.2, -0.15) is 4.72 Å². The minimum Gasteiger partial charge on any atom is -0.490 e. The van der Waals surface area contributed by atoms with Crippen LogP contribution in [0, 0.1) is 6.92 Å². The molecule has 0 saturated heterocycles. The molecule has 10 heteroatoms. The molecule has 1 atom stereocenters. The average Bonchev–Trinajstić information content (AvgIpc) is 2.91. The number of carbonyl (C=O) groups is 1. The SMILES string of the molecule is Cc1nc2cc(NC(=O)C(C)NS(=O)(=O)c3ccc4c(c3)OCCCO4)ccc2o1. The van der Waals surface area contributed by atoms with E-state index in [4.69, 9.17) is 13.9 Å². The Bertz CT molecular complexity index is 1200. The lowest BCUT2D eigenvalue weighted by Gasteiger charge is -2.15. The van der Waals surface area contributed by atoms with Gasteiger partial charge in [0.05, 0.1) is 24.2 Å². The number of rotatable bonds is 5. The van der Waals surface area contributed by atoms with Crippen LogP contribution in [0.4, 0.5) is 5.69 Å². The molecule has 2 heterocycles. The maximum Gasteiger partial charge on any atom is 0.242 e. The van der Waals surface area contributed by atoms with Crippen molar-refractivity contribution in [2.24, 2.45) is 0 Å². The number of carbonyl (C=O) groups excluding carboxylic acids is 1. The van der Waals surface area contributed by atoms with Crippen LogP contribution in [0.2, 0.25) is 0 Å². The van der Waals surface area contributed by atoms with E-state index in [1.54, 1.807) is 31.2 Å². The first-order valence-electron chi connectivity index (χ1n) is 9.42. The number of sulfonamides is 1. The first-order chi connectivity index (χ1) is 14.3.